The van der Waals surface area contributed by atoms with Crippen LogP contribution in [0.1, 0.15) is 26.3 Å². The Kier molecular flexibility index (Phi) is 3.03. The van der Waals surface area contributed by atoms with Crippen LogP contribution in [-0.4, -0.2) is 16.3 Å². The molecule has 1 aromatic rings. The molecular weight excluding hydrogens is 223 g/mol. The van der Waals surface area contributed by atoms with E-state index in [9.17, 15) is 18.0 Å². The summed E-state index contributed by atoms with van der Waals surface area (Å²) in [7, 11) is 0. The van der Waals surface area contributed by atoms with Crippen LogP contribution in [0.3, 0.4) is 0 Å². The second kappa shape index (κ2) is 3.84. The number of alkyl halides is 3. The highest BCUT2D eigenvalue weighted by Crippen LogP contribution is 2.29. The molecule has 90 valence electrons. The van der Waals surface area contributed by atoms with Gasteiger partial charge in [-0.05, 0) is 26.8 Å². The van der Waals surface area contributed by atoms with Crippen LogP contribution in [0.2, 0.25) is 0 Å². The number of ether oxygens (including phenoxy) is 1. The molecule has 0 bridgehead atoms. The Balaban J connectivity index is 2.83. The molecule has 0 saturated heterocycles. The Morgan fingerprint density at radius 1 is 1.31 bits per heavy atom. The standard InChI is InChI=1S/C10H12F3NO2/c1-9(2,3)16-8(15)14-5-4-7(6-14)10(11,12)13/h4-6H,1-3H3. The molecule has 0 fully saturated rings. The van der Waals surface area contributed by atoms with Gasteiger partial charge in [0.15, 0.2) is 0 Å². The first-order valence-electron chi connectivity index (χ1n) is 4.58. The summed E-state index contributed by atoms with van der Waals surface area (Å²) in [6, 6.07) is 0.823. The second-order valence-corrected chi connectivity index (χ2v) is 4.29. The van der Waals surface area contributed by atoms with Crippen molar-refractivity contribution < 1.29 is 22.7 Å². The molecule has 1 rings (SSSR count). The van der Waals surface area contributed by atoms with Gasteiger partial charge in [-0.1, -0.05) is 0 Å². The molecule has 0 spiro atoms. The summed E-state index contributed by atoms with van der Waals surface area (Å²) in [5.41, 5.74) is -1.61. The van der Waals surface area contributed by atoms with Crippen molar-refractivity contribution in [2.45, 2.75) is 32.5 Å². The molecule has 16 heavy (non-hydrogen) atoms. The summed E-state index contributed by atoms with van der Waals surface area (Å²) in [6.45, 7) is 4.91. The number of aromatic nitrogens is 1. The first kappa shape index (κ1) is 12.6. The van der Waals surface area contributed by atoms with Gasteiger partial charge in [0.1, 0.15) is 5.60 Å². The van der Waals surface area contributed by atoms with Gasteiger partial charge in [-0.2, -0.15) is 13.2 Å². The van der Waals surface area contributed by atoms with Crippen molar-refractivity contribution in [1.29, 1.82) is 0 Å². The highest BCUT2D eigenvalue weighted by atomic mass is 19.4. The van der Waals surface area contributed by atoms with E-state index in [0.29, 0.717) is 6.20 Å². The fourth-order valence-corrected chi connectivity index (χ4v) is 0.992. The van der Waals surface area contributed by atoms with E-state index >= 15 is 0 Å². The van der Waals surface area contributed by atoms with Crippen LogP contribution < -0.4 is 0 Å². The van der Waals surface area contributed by atoms with E-state index in [1.54, 1.807) is 20.8 Å². The van der Waals surface area contributed by atoms with Crippen molar-refractivity contribution in [3.05, 3.63) is 24.0 Å². The van der Waals surface area contributed by atoms with Crippen LogP contribution in [0.25, 0.3) is 0 Å². The molecular formula is C10H12F3NO2. The van der Waals surface area contributed by atoms with Crippen LogP contribution in [-0.2, 0) is 10.9 Å². The Labute approximate surface area is 90.8 Å². The second-order valence-electron chi connectivity index (χ2n) is 4.29. The van der Waals surface area contributed by atoms with Crippen LogP contribution in [0, 0.1) is 0 Å². The lowest BCUT2D eigenvalue weighted by Crippen LogP contribution is -2.26. The van der Waals surface area contributed by atoms with Crippen LogP contribution in [0.5, 0.6) is 0 Å². The van der Waals surface area contributed by atoms with Crippen molar-refractivity contribution >= 4 is 6.09 Å². The number of hydrogen-bond acceptors (Lipinski definition) is 2. The van der Waals surface area contributed by atoms with Crippen molar-refractivity contribution in [3.8, 4) is 0 Å². The molecule has 0 aromatic carbocycles. The Hall–Kier alpha value is -1.46. The predicted molar refractivity (Wildman–Crippen MR) is 51.1 cm³/mol. The molecule has 3 nitrogen and oxygen atoms in total. The van der Waals surface area contributed by atoms with Crippen molar-refractivity contribution in [1.82, 2.24) is 4.57 Å². The third-order valence-electron chi connectivity index (χ3n) is 1.62. The van der Waals surface area contributed by atoms with E-state index in [0.717, 1.165) is 16.8 Å². The molecule has 1 heterocycles. The first-order valence-corrected chi connectivity index (χ1v) is 4.58. The number of carbonyl (C=O) groups is 1. The quantitative estimate of drug-likeness (QED) is 0.690. The third kappa shape index (κ3) is 3.29. The van der Waals surface area contributed by atoms with Gasteiger partial charge >= 0.3 is 12.3 Å². The van der Waals surface area contributed by atoms with E-state index in [1.807, 2.05) is 0 Å². The van der Waals surface area contributed by atoms with Crippen molar-refractivity contribution in [2.75, 3.05) is 0 Å². The number of carbonyl (C=O) groups excluding carboxylic acids is 1. The van der Waals surface area contributed by atoms with Gasteiger partial charge in [-0.15, -0.1) is 0 Å². The van der Waals surface area contributed by atoms with E-state index in [2.05, 4.69) is 0 Å². The van der Waals surface area contributed by atoms with Gasteiger partial charge in [-0.3, -0.25) is 4.57 Å². The molecule has 0 saturated carbocycles. The van der Waals surface area contributed by atoms with Gasteiger partial charge in [0.05, 0.1) is 5.56 Å². The molecule has 0 aliphatic rings. The maximum absolute atomic E-state index is 12.2. The normalized spacial score (nSPS) is 12.6. The van der Waals surface area contributed by atoms with Gasteiger partial charge < -0.3 is 4.74 Å². The van der Waals surface area contributed by atoms with Crippen molar-refractivity contribution in [3.63, 3.8) is 0 Å². The van der Waals surface area contributed by atoms with Gasteiger partial charge in [0.2, 0.25) is 0 Å². The maximum Gasteiger partial charge on any atom is 0.418 e. The number of rotatable bonds is 0. The summed E-state index contributed by atoms with van der Waals surface area (Å²) in [5.74, 6) is 0. The van der Waals surface area contributed by atoms with Crippen LogP contribution in [0.4, 0.5) is 18.0 Å². The highest BCUT2D eigenvalue weighted by Gasteiger charge is 2.32. The Morgan fingerprint density at radius 3 is 2.25 bits per heavy atom. The van der Waals surface area contributed by atoms with Gasteiger partial charge in [0, 0.05) is 12.4 Å². The zero-order chi connectivity index (χ0) is 12.6. The average molecular weight is 235 g/mol. The average Bonchev–Trinajstić information content (AvgIpc) is 2.46. The lowest BCUT2D eigenvalue weighted by atomic mass is 10.2. The number of hydrogen-bond donors (Lipinski definition) is 0. The highest BCUT2D eigenvalue weighted by molar-refractivity contribution is 5.71. The van der Waals surface area contributed by atoms with Crippen LogP contribution in [0.15, 0.2) is 18.5 Å². The number of nitrogens with zero attached hydrogens (tertiary/aromatic N) is 1. The van der Waals surface area contributed by atoms with E-state index in [-0.39, 0.29) is 0 Å². The topological polar surface area (TPSA) is 31.2 Å². The fraction of sp³-hybridized carbons (Fsp3) is 0.500. The van der Waals surface area contributed by atoms with Gasteiger partial charge in [0.25, 0.3) is 0 Å². The molecule has 0 unspecified atom stereocenters. The molecule has 0 N–H and O–H groups in total. The molecule has 0 aliphatic heterocycles. The fourth-order valence-electron chi connectivity index (χ4n) is 0.992. The van der Waals surface area contributed by atoms with E-state index in [4.69, 9.17) is 4.74 Å². The monoisotopic (exact) mass is 235 g/mol. The Bertz CT molecular complexity index is 388. The molecule has 0 amide bonds. The number of halogens is 3. The summed E-state index contributed by atoms with van der Waals surface area (Å²) in [6.07, 6.45) is -3.55. The summed E-state index contributed by atoms with van der Waals surface area (Å²) in [5, 5.41) is 0. The van der Waals surface area contributed by atoms with Gasteiger partial charge in [-0.25, -0.2) is 4.79 Å². The van der Waals surface area contributed by atoms with Crippen LogP contribution >= 0.6 is 0 Å². The lowest BCUT2D eigenvalue weighted by Gasteiger charge is -2.19. The largest absolute Gasteiger partial charge is 0.443 e. The molecule has 0 radical (unpaired) electrons. The molecule has 1 aromatic heterocycles. The summed E-state index contributed by atoms with van der Waals surface area (Å²) >= 11 is 0. The lowest BCUT2D eigenvalue weighted by molar-refractivity contribution is -0.137. The predicted octanol–water partition coefficient (Wildman–Crippen LogP) is 3.29. The molecule has 0 aliphatic carbocycles. The Morgan fingerprint density at radius 2 is 1.88 bits per heavy atom. The minimum absolute atomic E-state index is 0.702. The zero-order valence-corrected chi connectivity index (χ0v) is 9.13. The third-order valence-corrected chi connectivity index (χ3v) is 1.62. The smallest absolute Gasteiger partial charge is 0.418 e. The summed E-state index contributed by atoms with van der Waals surface area (Å²) in [4.78, 5) is 11.4. The first-order chi connectivity index (χ1) is 7.09. The zero-order valence-electron chi connectivity index (χ0n) is 9.13. The van der Waals surface area contributed by atoms with Crippen molar-refractivity contribution in [2.24, 2.45) is 0 Å². The van der Waals surface area contributed by atoms with E-state index < -0.39 is 23.4 Å². The minimum atomic E-state index is -4.45. The minimum Gasteiger partial charge on any atom is -0.443 e. The maximum atomic E-state index is 12.2. The molecule has 6 heteroatoms. The SMILES string of the molecule is CC(C)(C)OC(=O)n1ccc(C(F)(F)F)c1. The van der Waals surface area contributed by atoms with E-state index in [1.165, 1.54) is 0 Å². The molecule has 0 atom stereocenters. The summed E-state index contributed by atoms with van der Waals surface area (Å²) < 4.78 is 42.4.